The number of methoxy groups -OCH3 is 1. The number of Topliss-reactive ketones (excluding diaryl/α,β-unsaturated/α-hetero) is 1. The Morgan fingerprint density at radius 2 is 1.60 bits per heavy atom. The van der Waals surface area contributed by atoms with Crippen molar-refractivity contribution >= 4 is 45.1 Å². The quantitative estimate of drug-likeness (QED) is 0.120. The van der Waals surface area contributed by atoms with Crippen LogP contribution < -0.4 is 4.90 Å². The topological polar surface area (TPSA) is 97.1 Å². The van der Waals surface area contributed by atoms with Crippen molar-refractivity contribution in [3.8, 4) is 0 Å². The number of aryl methyl sites for hydroxylation is 1. The molecule has 0 spiro atoms. The number of ether oxygens (including phenoxy) is 1. The highest BCUT2D eigenvalue weighted by molar-refractivity contribution is 7.89. The molecule has 0 amide bonds. The van der Waals surface area contributed by atoms with Crippen LogP contribution in [-0.4, -0.2) is 31.6 Å². The minimum atomic E-state index is -3.94. The Balaban J connectivity index is 1.49. The second-order valence-corrected chi connectivity index (χ2v) is 12.4. The van der Waals surface area contributed by atoms with E-state index >= 15 is 0 Å². The van der Waals surface area contributed by atoms with Gasteiger partial charge in [0.1, 0.15) is 17.1 Å². The Labute approximate surface area is 255 Å². The van der Waals surface area contributed by atoms with Crippen molar-refractivity contribution in [1.29, 1.82) is 0 Å². The van der Waals surface area contributed by atoms with Crippen molar-refractivity contribution in [1.82, 2.24) is 4.31 Å². The fraction of sp³-hybridized carbons (Fsp3) is 0.152. The zero-order valence-corrected chi connectivity index (χ0v) is 25.4. The van der Waals surface area contributed by atoms with E-state index < -0.39 is 21.8 Å². The van der Waals surface area contributed by atoms with E-state index in [-0.39, 0.29) is 29.3 Å². The third kappa shape index (κ3) is 6.34. The number of halogens is 1. The molecule has 0 saturated carbocycles. The first kappa shape index (κ1) is 30.0. The summed E-state index contributed by atoms with van der Waals surface area (Å²) in [5.41, 5.74) is 3.12. The molecule has 2 heterocycles. The number of hydrogen-bond acceptors (Lipinski definition) is 7. The van der Waals surface area contributed by atoms with Gasteiger partial charge in [0.25, 0.3) is 0 Å². The monoisotopic (exact) mass is 616 g/mol. The highest BCUT2D eigenvalue weighted by atomic mass is 35.5. The summed E-state index contributed by atoms with van der Waals surface area (Å²) in [6, 6.07) is 26.1. The Bertz CT molecular complexity index is 1830. The van der Waals surface area contributed by atoms with Gasteiger partial charge in [-0.1, -0.05) is 59.6 Å². The van der Waals surface area contributed by atoms with Gasteiger partial charge in [0.2, 0.25) is 15.8 Å². The number of nitrogens with zero attached hydrogens (tertiary/aromatic N) is 2. The Morgan fingerprint density at radius 1 is 0.930 bits per heavy atom. The summed E-state index contributed by atoms with van der Waals surface area (Å²) in [7, 11) is -2.71. The molecule has 1 aromatic heterocycles. The van der Waals surface area contributed by atoms with Gasteiger partial charge in [-0.3, -0.25) is 4.79 Å². The fourth-order valence-corrected chi connectivity index (χ4v) is 6.33. The zero-order valence-electron chi connectivity index (χ0n) is 23.8. The Kier molecular flexibility index (Phi) is 8.68. The molecule has 1 aliphatic heterocycles. The number of benzene rings is 3. The molecule has 5 rings (SSSR count). The average molecular weight is 617 g/mol. The molecule has 0 unspecified atom stereocenters. The van der Waals surface area contributed by atoms with Gasteiger partial charge < -0.3 is 14.1 Å². The van der Waals surface area contributed by atoms with E-state index in [2.05, 4.69) is 0 Å². The summed E-state index contributed by atoms with van der Waals surface area (Å²) in [4.78, 5) is 27.7. The van der Waals surface area contributed by atoms with Crippen LogP contribution in [0.1, 0.15) is 29.6 Å². The molecule has 0 saturated heterocycles. The predicted molar refractivity (Wildman–Crippen MR) is 164 cm³/mol. The van der Waals surface area contributed by atoms with E-state index in [0.29, 0.717) is 27.9 Å². The number of carbonyl (C=O) groups is 2. The molecule has 220 valence electrons. The number of para-hydroxylation sites is 1. The molecule has 0 aliphatic carbocycles. The van der Waals surface area contributed by atoms with Crippen LogP contribution in [0.3, 0.4) is 0 Å². The standard InChI is InChI=1S/C33H29ClN2O6S/c1-22-9-11-24(12-10-22)20-35(43(39,40)29-17-13-25(34)14-18-29)21-28-16-15-27(42-28)19-30-32(37)31(33(38)41-3)23(2)36(30)26-7-5-4-6-8-26/h4-19H,20-21H2,1-3H3/b30-19+. The minimum Gasteiger partial charge on any atom is -0.465 e. The molecule has 0 atom stereocenters. The van der Waals surface area contributed by atoms with Crippen molar-refractivity contribution in [3.05, 3.63) is 136 Å². The SMILES string of the molecule is COC(=O)C1=C(C)N(c2ccccc2)/C(=C/c2ccc(CN(Cc3ccc(C)cc3)S(=O)(=O)c3ccc(Cl)cc3)o2)C1=O. The van der Waals surface area contributed by atoms with Gasteiger partial charge in [0.15, 0.2) is 0 Å². The molecule has 0 radical (unpaired) electrons. The van der Waals surface area contributed by atoms with Crippen LogP contribution in [0.5, 0.6) is 0 Å². The molecule has 43 heavy (non-hydrogen) atoms. The van der Waals surface area contributed by atoms with Crippen LogP contribution >= 0.6 is 11.6 Å². The van der Waals surface area contributed by atoms with Gasteiger partial charge in [0, 0.05) is 29.0 Å². The Morgan fingerprint density at radius 3 is 2.26 bits per heavy atom. The lowest BCUT2D eigenvalue weighted by Gasteiger charge is -2.22. The molecule has 3 aromatic carbocycles. The highest BCUT2D eigenvalue weighted by Crippen LogP contribution is 2.36. The summed E-state index contributed by atoms with van der Waals surface area (Å²) in [6.45, 7) is 3.68. The molecule has 4 aromatic rings. The molecule has 10 heteroatoms. The number of esters is 1. The van der Waals surface area contributed by atoms with Crippen molar-refractivity contribution in [2.24, 2.45) is 0 Å². The van der Waals surface area contributed by atoms with Crippen molar-refractivity contribution in [3.63, 3.8) is 0 Å². The smallest absolute Gasteiger partial charge is 0.343 e. The van der Waals surface area contributed by atoms with E-state index in [0.717, 1.165) is 11.1 Å². The number of allylic oxidation sites excluding steroid dienone is 2. The number of rotatable bonds is 9. The average Bonchev–Trinajstić information content (AvgIpc) is 3.54. The van der Waals surface area contributed by atoms with E-state index in [9.17, 15) is 18.0 Å². The predicted octanol–water partition coefficient (Wildman–Crippen LogP) is 6.51. The summed E-state index contributed by atoms with van der Waals surface area (Å²) in [6.07, 6.45) is 1.54. The van der Waals surface area contributed by atoms with Crippen LogP contribution in [0.4, 0.5) is 5.69 Å². The van der Waals surface area contributed by atoms with E-state index in [1.54, 1.807) is 24.0 Å². The lowest BCUT2D eigenvalue weighted by molar-refractivity contribution is -0.137. The van der Waals surface area contributed by atoms with Crippen LogP contribution in [0, 0.1) is 6.92 Å². The van der Waals surface area contributed by atoms with Crippen LogP contribution in [0.15, 0.2) is 117 Å². The number of ketones is 1. The molecule has 0 bridgehead atoms. The normalized spacial score (nSPS) is 14.7. The second kappa shape index (κ2) is 12.4. The summed E-state index contributed by atoms with van der Waals surface area (Å²) in [5.74, 6) is -0.549. The Hall–Kier alpha value is -4.44. The number of sulfonamides is 1. The largest absolute Gasteiger partial charge is 0.465 e. The third-order valence-corrected chi connectivity index (χ3v) is 9.08. The maximum Gasteiger partial charge on any atom is 0.343 e. The molecule has 0 N–H and O–H groups in total. The zero-order chi connectivity index (χ0) is 30.7. The number of carbonyl (C=O) groups excluding carboxylic acids is 2. The highest BCUT2D eigenvalue weighted by Gasteiger charge is 2.38. The van der Waals surface area contributed by atoms with Gasteiger partial charge in [0.05, 0.1) is 24.2 Å². The lowest BCUT2D eigenvalue weighted by Crippen LogP contribution is -2.30. The second-order valence-electron chi connectivity index (χ2n) is 10.00. The molecule has 1 aliphatic rings. The molecular formula is C33H29ClN2O6S. The van der Waals surface area contributed by atoms with Crippen LogP contribution in [-0.2, 0) is 37.4 Å². The van der Waals surface area contributed by atoms with Crippen molar-refractivity contribution < 1.29 is 27.2 Å². The van der Waals surface area contributed by atoms with E-state index in [1.807, 2.05) is 61.5 Å². The minimum absolute atomic E-state index is 0.0664. The maximum absolute atomic E-state index is 13.7. The maximum atomic E-state index is 13.7. The van der Waals surface area contributed by atoms with E-state index in [1.165, 1.54) is 41.8 Å². The number of furan rings is 1. The summed E-state index contributed by atoms with van der Waals surface area (Å²) in [5, 5.41) is 0.429. The molecule has 8 nitrogen and oxygen atoms in total. The third-order valence-electron chi connectivity index (χ3n) is 7.03. The molecule has 0 fully saturated rings. The van der Waals surface area contributed by atoms with Gasteiger partial charge >= 0.3 is 5.97 Å². The number of anilines is 1. The first-order valence-corrected chi connectivity index (χ1v) is 15.2. The summed E-state index contributed by atoms with van der Waals surface area (Å²) >= 11 is 6.01. The first-order valence-electron chi connectivity index (χ1n) is 13.4. The fourth-order valence-electron chi connectivity index (χ4n) is 4.81. The number of hydrogen-bond donors (Lipinski definition) is 0. The summed E-state index contributed by atoms with van der Waals surface area (Å²) < 4.78 is 39.7. The van der Waals surface area contributed by atoms with Crippen LogP contribution in [0.25, 0.3) is 6.08 Å². The van der Waals surface area contributed by atoms with Crippen molar-refractivity contribution in [2.45, 2.75) is 31.8 Å². The molecular weight excluding hydrogens is 588 g/mol. The van der Waals surface area contributed by atoms with Gasteiger partial charge in [-0.15, -0.1) is 0 Å². The van der Waals surface area contributed by atoms with Gasteiger partial charge in [-0.2, -0.15) is 4.31 Å². The van der Waals surface area contributed by atoms with Crippen LogP contribution in [0.2, 0.25) is 5.02 Å². The van der Waals surface area contributed by atoms with E-state index in [4.69, 9.17) is 20.8 Å². The van der Waals surface area contributed by atoms with Gasteiger partial charge in [-0.25, -0.2) is 13.2 Å². The van der Waals surface area contributed by atoms with Gasteiger partial charge in [-0.05, 0) is 67.9 Å². The van der Waals surface area contributed by atoms with Crippen molar-refractivity contribution in [2.75, 3.05) is 12.0 Å². The first-order chi connectivity index (χ1) is 20.6. The lowest BCUT2D eigenvalue weighted by atomic mass is 10.1.